The molecule has 1 fully saturated rings. The van der Waals surface area contributed by atoms with Gasteiger partial charge in [0.25, 0.3) is 0 Å². The van der Waals surface area contributed by atoms with E-state index in [9.17, 15) is 8.78 Å². The lowest BCUT2D eigenvalue weighted by atomic mass is 9.96. The van der Waals surface area contributed by atoms with Crippen LogP contribution in [0.1, 0.15) is 31.1 Å². The van der Waals surface area contributed by atoms with Gasteiger partial charge in [-0.3, -0.25) is 9.47 Å². The quantitative estimate of drug-likeness (QED) is 0.652. The molecule has 0 bridgehead atoms. The van der Waals surface area contributed by atoms with Gasteiger partial charge in [-0.1, -0.05) is 12.1 Å². The van der Waals surface area contributed by atoms with E-state index in [1.165, 1.54) is 0 Å². The molecule has 0 amide bonds. The van der Waals surface area contributed by atoms with Gasteiger partial charge in [0.1, 0.15) is 12.2 Å². The summed E-state index contributed by atoms with van der Waals surface area (Å²) in [6.07, 6.45) is 3.65. The molecule has 0 aliphatic carbocycles. The van der Waals surface area contributed by atoms with Gasteiger partial charge in [-0.25, -0.2) is 0 Å². The van der Waals surface area contributed by atoms with Gasteiger partial charge in [-0.05, 0) is 37.2 Å². The minimum Gasteiger partial charge on any atom is -0.320 e. The molecule has 0 N–H and O–H groups in total. The number of para-hydroxylation sites is 2. The Balaban J connectivity index is 1.55. The van der Waals surface area contributed by atoms with Crippen molar-refractivity contribution in [3.05, 3.63) is 41.2 Å². The van der Waals surface area contributed by atoms with Gasteiger partial charge < -0.3 is 9.13 Å². The van der Waals surface area contributed by atoms with Crippen molar-refractivity contribution in [2.45, 2.75) is 32.0 Å². The number of aryl methyl sites for hydroxylation is 1. The first-order valence-corrected chi connectivity index (χ1v) is 9.01. The smallest absolute Gasteiger partial charge is 0.320 e. The van der Waals surface area contributed by atoms with Crippen molar-refractivity contribution in [3.63, 3.8) is 0 Å². The highest BCUT2D eigenvalue weighted by molar-refractivity contribution is 7.71. The predicted molar refractivity (Wildman–Crippen MR) is 96.6 cm³/mol. The molecule has 0 radical (unpaired) electrons. The summed E-state index contributed by atoms with van der Waals surface area (Å²) in [5, 5.41) is 8.17. The molecule has 0 unspecified atom stereocenters. The number of fused-ring (bicyclic) bond motifs is 1. The van der Waals surface area contributed by atoms with E-state index in [-0.39, 0.29) is 4.77 Å². The van der Waals surface area contributed by atoms with Gasteiger partial charge >= 0.3 is 6.55 Å². The number of piperidine rings is 1. The van der Waals surface area contributed by atoms with Crippen molar-refractivity contribution in [2.75, 3.05) is 13.1 Å². The average molecular weight is 378 g/mol. The Morgan fingerprint density at radius 2 is 1.88 bits per heavy atom. The molecule has 3 heterocycles. The number of imidazole rings is 1. The summed E-state index contributed by atoms with van der Waals surface area (Å²) in [7, 11) is 1.96. The minimum absolute atomic E-state index is 0.164. The van der Waals surface area contributed by atoms with Crippen molar-refractivity contribution >= 4 is 23.3 Å². The lowest BCUT2D eigenvalue weighted by Crippen LogP contribution is -2.35. The number of nitrogens with zero attached hydrogens (tertiary/aromatic N) is 6. The van der Waals surface area contributed by atoms with E-state index >= 15 is 0 Å². The molecule has 1 aliphatic rings. The highest BCUT2D eigenvalue weighted by Gasteiger charge is 2.25. The van der Waals surface area contributed by atoms with E-state index in [1.54, 1.807) is 23.0 Å². The zero-order valence-corrected chi connectivity index (χ0v) is 15.2. The first-order valence-electron chi connectivity index (χ1n) is 8.60. The van der Waals surface area contributed by atoms with Crippen molar-refractivity contribution in [3.8, 4) is 0 Å². The van der Waals surface area contributed by atoms with Crippen LogP contribution in [0.2, 0.25) is 0 Å². The molecule has 1 aliphatic heterocycles. The topological polar surface area (TPSA) is 43.8 Å². The van der Waals surface area contributed by atoms with Crippen molar-refractivity contribution in [1.82, 2.24) is 28.8 Å². The van der Waals surface area contributed by atoms with Gasteiger partial charge in [-0.2, -0.15) is 8.78 Å². The summed E-state index contributed by atoms with van der Waals surface area (Å²) >= 11 is 5.34. The Bertz CT molecular complexity index is 967. The molecule has 0 saturated carbocycles. The Labute approximate surface area is 154 Å². The average Bonchev–Trinajstić information content (AvgIpc) is 3.17. The summed E-state index contributed by atoms with van der Waals surface area (Å²) in [5.74, 6) is 1.39. The predicted octanol–water partition coefficient (Wildman–Crippen LogP) is 3.53. The van der Waals surface area contributed by atoms with Crippen LogP contribution in [0.4, 0.5) is 8.78 Å². The SMILES string of the molecule is Cn1cnnc1C1CCN(Cn2c(=S)n(C(F)F)c3ccccc32)CC1. The van der Waals surface area contributed by atoms with Gasteiger partial charge in [0.2, 0.25) is 0 Å². The third-order valence-corrected chi connectivity index (χ3v) is 5.52. The molecule has 0 atom stereocenters. The summed E-state index contributed by atoms with van der Waals surface area (Å²) < 4.78 is 31.8. The lowest BCUT2D eigenvalue weighted by Gasteiger charge is -2.31. The number of benzene rings is 1. The summed E-state index contributed by atoms with van der Waals surface area (Å²) in [6.45, 7) is -0.388. The fourth-order valence-corrected chi connectivity index (χ4v) is 4.09. The summed E-state index contributed by atoms with van der Waals surface area (Å²) in [4.78, 5) is 2.25. The molecular formula is C17H20F2N6S. The number of halogens is 2. The maximum atomic E-state index is 13.5. The highest BCUT2D eigenvalue weighted by Crippen LogP contribution is 2.28. The number of alkyl halides is 2. The van der Waals surface area contributed by atoms with Crippen LogP contribution in [0, 0.1) is 4.77 Å². The van der Waals surface area contributed by atoms with Crippen LogP contribution in [0.3, 0.4) is 0 Å². The molecule has 2 aromatic heterocycles. The van der Waals surface area contributed by atoms with Gasteiger partial charge in [0.15, 0.2) is 4.77 Å². The highest BCUT2D eigenvalue weighted by atomic mass is 32.1. The van der Waals surface area contributed by atoms with Crippen LogP contribution in [0.5, 0.6) is 0 Å². The second-order valence-electron chi connectivity index (χ2n) is 6.68. The fraction of sp³-hybridized carbons (Fsp3) is 0.471. The molecule has 4 rings (SSSR count). The molecule has 3 aromatic rings. The Hall–Kier alpha value is -2.13. The zero-order chi connectivity index (χ0) is 18.3. The molecule has 138 valence electrons. The maximum Gasteiger partial charge on any atom is 0.321 e. The van der Waals surface area contributed by atoms with Gasteiger partial charge in [-0.15, -0.1) is 10.2 Å². The Kier molecular flexibility index (Phi) is 4.58. The van der Waals surface area contributed by atoms with Crippen LogP contribution in [-0.2, 0) is 13.7 Å². The molecule has 6 nitrogen and oxygen atoms in total. The second kappa shape index (κ2) is 6.88. The fourth-order valence-electron chi connectivity index (χ4n) is 3.75. The van der Waals surface area contributed by atoms with Crippen molar-refractivity contribution in [2.24, 2.45) is 7.05 Å². The zero-order valence-electron chi connectivity index (χ0n) is 14.4. The van der Waals surface area contributed by atoms with Crippen LogP contribution in [-0.4, -0.2) is 41.9 Å². The number of hydrogen-bond acceptors (Lipinski definition) is 4. The number of likely N-dealkylation sites (tertiary alicyclic amines) is 1. The first-order chi connectivity index (χ1) is 12.6. The van der Waals surface area contributed by atoms with E-state index in [2.05, 4.69) is 15.1 Å². The third kappa shape index (κ3) is 2.95. The summed E-state index contributed by atoms with van der Waals surface area (Å²) in [6, 6.07) is 7.14. The van der Waals surface area contributed by atoms with E-state index in [4.69, 9.17) is 12.2 Å². The van der Waals surface area contributed by atoms with Crippen molar-refractivity contribution < 1.29 is 8.78 Å². The van der Waals surface area contributed by atoms with E-state index < -0.39 is 6.55 Å². The van der Waals surface area contributed by atoms with E-state index in [1.807, 2.05) is 23.7 Å². The maximum absolute atomic E-state index is 13.5. The Morgan fingerprint density at radius 1 is 1.19 bits per heavy atom. The minimum atomic E-state index is -2.64. The molecule has 26 heavy (non-hydrogen) atoms. The third-order valence-electron chi connectivity index (χ3n) is 5.10. The first kappa shape index (κ1) is 17.3. The van der Waals surface area contributed by atoms with Gasteiger partial charge in [0.05, 0.1) is 17.7 Å². The standard InChI is InChI=1S/C17H20F2N6S/c1-22-10-20-21-15(22)12-6-8-23(9-7-12)11-24-13-4-2-3-5-14(13)25(16(18)19)17(24)26/h2-5,10,12,16H,6-9,11H2,1H3. The van der Waals surface area contributed by atoms with Crippen LogP contribution in [0.15, 0.2) is 30.6 Å². The largest absolute Gasteiger partial charge is 0.321 e. The monoisotopic (exact) mass is 378 g/mol. The van der Waals surface area contributed by atoms with Crippen LogP contribution < -0.4 is 0 Å². The number of hydrogen-bond donors (Lipinski definition) is 0. The van der Waals surface area contributed by atoms with Gasteiger partial charge in [0, 0.05) is 26.1 Å². The molecular weight excluding hydrogens is 358 g/mol. The molecule has 1 aromatic carbocycles. The van der Waals surface area contributed by atoms with Crippen LogP contribution >= 0.6 is 12.2 Å². The number of aromatic nitrogens is 5. The van der Waals surface area contributed by atoms with Crippen molar-refractivity contribution in [1.29, 1.82) is 0 Å². The molecule has 1 saturated heterocycles. The number of rotatable bonds is 4. The second-order valence-corrected chi connectivity index (χ2v) is 7.05. The van der Waals surface area contributed by atoms with E-state index in [0.717, 1.165) is 41.8 Å². The van der Waals surface area contributed by atoms with E-state index in [0.29, 0.717) is 18.1 Å². The Morgan fingerprint density at radius 3 is 2.50 bits per heavy atom. The lowest BCUT2D eigenvalue weighted by molar-refractivity contribution is 0.0712. The normalized spacial score (nSPS) is 16.8. The van der Waals surface area contributed by atoms with Crippen LogP contribution in [0.25, 0.3) is 11.0 Å². The molecule has 0 spiro atoms. The molecule has 9 heteroatoms. The summed E-state index contributed by atoms with van der Waals surface area (Å²) in [5.41, 5.74) is 1.22.